The Morgan fingerprint density at radius 3 is 2.85 bits per heavy atom. The molecule has 1 aromatic heterocycles. The third kappa shape index (κ3) is 3.47. The molecular formula is C13H16BrFN4O. The van der Waals surface area contributed by atoms with Crippen molar-refractivity contribution in [1.29, 1.82) is 0 Å². The number of halogens is 2. The van der Waals surface area contributed by atoms with Crippen LogP contribution in [0.15, 0.2) is 22.9 Å². The van der Waals surface area contributed by atoms with Crippen LogP contribution in [0.4, 0.5) is 10.1 Å². The number of nitrogen functional groups attached to an aromatic ring is 1. The highest BCUT2D eigenvalue weighted by Gasteiger charge is 2.12. The highest BCUT2D eigenvalue weighted by Crippen LogP contribution is 2.32. The van der Waals surface area contributed by atoms with Gasteiger partial charge in [-0.3, -0.25) is 0 Å². The quantitative estimate of drug-likeness (QED) is 0.848. The van der Waals surface area contributed by atoms with Gasteiger partial charge in [0.15, 0.2) is 11.6 Å². The molecule has 1 aromatic carbocycles. The van der Waals surface area contributed by atoms with Crippen molar-refractivity contribution in [2.75, 3.05) is 5.73 Å². The third-order valence-electron chi connectivity index (χ3n) is 2.62. The number of rotatable bonds is 5. The first-order valence-corrected chi connectivity index (χ1v) is 7.00. The van der Waals surface area contributed by atoms with Crippen LogP contribution in [-0.2, 0) is 13.2 Å². The largest absolute Gasteiger partial charge is 0.482 e. The molecule has 2 aromatic rings. The topological polar surface area (TPSA) is 66.0 Å². The molecule has 0 fully saturated rings. The molecule has 0 amide bonds. The Morgan fingerprint density at radius 2 is 2.20 bits per heavy atom. The summed E-state index contributed by atoms with van der Waals surface area (Å²) in [6, 6.07) is 2.53. The zero-order valence-corrected chi connectivity index (χ0v) is 12.9. The number of ether oxygens (including phenoxy) is 1. The molecule has 0 atom stereocenters. The van der Waals surface area contributed by atoms with Gasteiger partial charge in [-0.25, -0.2) is 14.1 Å². The monoisotopic (exact) mass is 342 g/mol. The Labute approximate surface area is 125 Å². The molecule has 0 aliphatic rings. The number of benzene rings is 1. The molecule has 0 saturated carbocycles. The number of hydrogen-bond acceptors (Lipinski definition) is 4. The normalized spacial score (nSPS) is 11.1. The number of aromatic nitrogens is 3. The van der Waals surface area contributed by atoms with Crippen LogP contribution in [0.3, 0.4) is 0 Å². The van der Waals surface area contributed by atoms with Crippen LogP contribution >= 0.6 is 15.9 Å². The fraction of sp³-hybridized carbons (Fsp3) is 0.385. The first kappa shape index (κ1) is 14.8. The van der Waals surface area contributed by atoms with Gasteiger partial charge in [-0.15, -0.1) is 0 Å². The second kappa shape index (κ2) is 6.21. The first-order chi connectivity index (χ1) is 9.47. The molecular weight excluding hydrogens is 327 g/mol. The van der Waals surface area contributed by atoms with Crippen molar-refractivity contribution in [2.24, 2.45) is 5.92 Å². The molecule has 0 unspecified atom stereocenters. The molecule has 2 N–H and O–H groups in total. The van der Waals surface area contributed by atoms with Crippen LogP contribution in [0.2, 0.25) is 0 Å². The molecule has 0 aliphatic carbocycles. The summed E-state index contributed by atoms with van der Waals surface area (Å²) in [5.41, 5.74) is 5.99. The van der Waals surface area contributed by atoms with E-state index in [0.717, 1.165) is 6.54 Å². The van der Waals surface area contributed by atoms with Crippen LogP contribution in [0.5, 0.6) is 5.75 Å². The van der Waals surface area contributed by atoms with E-state index in [1.165, 1.54) is 18.5 Å². The summed E-state index contributed by atoms with van der Waals surface area (Å²) < 4.78 is 21.0. The van der Waals surface area contributed by atoms with Gasteiger partial charge >= 0.3 is 0 Å². The summed E-state index contributed by atoms with van der Waals surface area (Å²) in [5.74, 6) is 1.16. The van der Waals surface area contributed by atoms with Gasteiger partial charge in [0.2, 0.25) is 0 Å². The summed E-state index contributed by atoms with van der Waals surface area (Å²) >= 11 is 3.23. The number of anilines is 1. The lowest BCUT2D eigenvalue weighted by Gasteiger charge is -2.12. The molecule has 2 rings (SSSR count). The summed E-state index contributed by atoms with van der Waals surface area (Å²) in [5, 5.41) is 4.15. The SMILES string of the molecule is CC(C)Cn1ncnc1COc1c(N)cc(F)cc1Br. The van der Waals surface area contributed by atoms with Gasteiger partial charge in [0.1, 0.15) is 18.8 Å². The van der Waals surface area contributed by atoms with E-state index in [1.54, 1.807) is 4.68 Å². The first-order valence-electron chi connectivity index (χ1n) is 6.21. The second-order valence-electron chi connectivity index (χ2n) is 4.85. The van der Waals surface area contributed by atoms with Crippen LogP contribution in [0, 0.1) is 11.7 Å². The maximum atomic E-state index is 13.1. The number of nitrogens with zero attached hydrogens (tertiary/aromatic N) is 3. The van der Waals surface area contributed by atoms with Crippen molar-refractivity contribution in [1.82, 2.24) is 14.8 Å². The van der Waals surface area contributed by atoms with Gasteiger partial charge < -0.3 is 10.5 Å². The Morgan fingerprint density at radius 1 is 1.45 bits per heavy atom. The standard InChI is InChI=1S/C13H16BrFN4O/c1-8(2)5-19-12(17-7-18-19)6-20-13-10(14)3-9(15)4-11(13)16/h3-4,7-8H,5-6,16H2,1-2H3. The lowest BCUT2D eigenvalue weighted by molar-refractivity contribution is 0.282. The molecule has 20 heavy (non-hydrogen) atoms. The Kier molecular flexibility index (Phi) is 4.59. The predicted octanol–water partition coefficient (Wildman–Crippen LogP) is 3.00. The van der Waals surface area contributed by atoms with Crippen molar-refractivity contribution in [2.45, 2.75) is 27.0 Å². The summed E-state index contributed by atoms with van der Waals surface area (Å²) in [6.07, 6.45) is 1.49. The van der Waals surface area contributed by atoms with Crippen molar-refractivity contribution in [3.63, 3.8) is 0 Å². The minimum absolute atomic E-state index is 0.223. The molecule has 0 bridgehead atoms. The number of hydrogen-bond donors (Lipinski definition) is 1. The van der Waals surface area contributed by atoms with E-state index in [9.17, 15) is 4.39 Å². The molecule has 0 spiro atoms. The third-order valence-corrected chi connectivity index (χ3v) is 3.21. The van der Waals surface area contributed by atoms with Crippen molar-refractivity contribution < 1.29 is 9.13 Å². The fourth-order valence-corrected chi connectivity index (χ4v) is 2.33. The summed E-state index contributed by atoms with van der Waals surface area (Å²) in [6.45, 7) is 5.18. The van der Waals surface area contributed by atoms with E-state index in [-0.39, 0.29) is 12.3 Å². The molecule has 1 heterocycles. The smallest absolute Gasteiger partial charge is 0.164 e. The van der Waals surface area contributed by atoms with E-state index < -0.39 is 5.82 Å². The van der Waals surface area contributed by atoms with E-state index in [4.69, 9.17) is 10.5 Å². The lowest BCUT2D eigenvalue weighted by atomic mass is 10.2. The van der Waals surface area contributed by atoms with Crippen molar-refractivity contribution in [3.8, 4) is 5.75 Å². The van der Waals surface area contributed by atoms with Crippen LogP contribution in [-0.4, -0.2) is 14.8 Å². The van der Waals surface area contributed by atoms with Crippen LogP contribution in [0.25, 0.3) is 0 Å². The fourth-order valence-electron chi connectivity index (χ4n) is 1.77. The van der Waals surface area contributed by atoms with Gasteiger partial charge in [-0.05, 0) is 27.9 Å². The van der Waals surface area contributed by atoms with Crippen molar-refractivity contribution in [3.05, 3.63) is 34.6 Å². The zero-order valence-electron chi connectivity index (χ0n) is 11.3. The Bertz CT molecular complexity index is 577. The molecule has 0 radical (unpaired) electrons. The zero-order chi connectivity index (χ0) is 14.7. The van der Waals surface area contributed by atoms with Gasteiger partial charge in [0.25, 0.3) is 0 Å². The van der Waals surface area contributed by atoms with E-state index in [0.29, 0.717) is 22.0 Å². The average Bonchev–Trinajstić information content (AvgIpc) is 2.74. The van der Waals surface area contributed by atoms with Crippen molar-refractivity contribution >= 4 is 21.6 Å². The Hall–Kier alpha value is -1.63. The van der Waals surface area contributed by atoms with Crippen LogP contribution in [0.1, 0.15) is 19.7 Å². The summed E-state index contributed by atoms with van der Waals surface area (Å²) in [7, 11) is 0. The number of nitrogens with two attached hydrogens (primary N) is 1. The highest BCUT2D eigenvalue weighted by atomic mass is 79.9. The van der Waals surface area contributed by atoms with Gasteiger partial charge in [-0.2, -0.15) is 5.10 Å². The van der Waals surface area contributed by atoms with E-state index in [2.05, 4.69) is 39.9 Å². The maximum absolute atomic E-state index is 13.1. The molecule has 108 valence electrons. The second-order valence-corrected chi connectivity index (χ2v) is 5.70. The molecule has 0 aliphatic heterocycles. The molecule has 7 heteroatoms. The minimum atomic E-state index is -0.412. The minimum Gasteiger partial charge on any atom is -0.482 e. The average molecular weight is 343 g/mol. The molecule has 0 saturated heterocycles. The van der Waals surface area contributed by atoms with E-state index >= 15 is 0 Å². The van der Waals surface area contributed by atoms with Gasteiger partial charge in [0.05, 0.1) is 10.2 Å². The maximum Gasteiger partial charge on any atom is 0.164 e. The van der Waals surface area contributed by atoms with Gasteiger partial charge in [-0.1, -0.05) is 13.8 Å². The Balaban J connectivity index is 2.12. The van der Waals surface area contributed by atoms with Gasteiger partial charge in [0, 0.05) is 12.6 Å². The predicted molar refractivity (Wildman–Crippen MR) is 77.7 cm³/mol. The lowest BCUT2D eigenvalue weighted by Crippen LogP contribution is -2.12. The van der Waals surface area contributed by atoms with E-state index in [1.807, 2.05) is 0 Å². The van der Waals surface area contributed by atoms with Crippen LogP contribution < -0.4 is 10.5 Å². The highest BCUT2D eigenvalue weighted by molar-refractivity contribution is 9.10. The molecule has 5 nitrogen and oxygen atoms in total. The summed E-state index contributed by atoms with van der Waals surface area (Å²) in [4.78, 5) is 4.16.